The number of carboxylic acid groups (broad SMARTS) is 1. The highest BCUT2D eigenvalue weighted by Gasteiger charge is 2.38. The molecule has 1 aromatic heterocycles. The quantitative estimate of drug-likeness (QED) is 0.793. The molecular weight excluding hydrogens is 314 g/mol. The summed E-state index contributed by atoms with van der Waals surface area (Å²) in [5, 5.41) is 13.0. The molecular formula is C16H23N3O3S. The van der Waals surface area contributed by atoms with Gasteiger partial charge in [-0.05, 0) is 45.4 Å². The highest BCUT2D eigenvalue weighted by molar-refractivity contribution is 7.11. The summed E-state index contributed by atoms with van der Waals surface area (Å²) in [6.45, 7) is 4.79. The first-order chi connectivity index (χ1) is 10.9. The number of aryl methyl sites for hydroxylation is 2. The van der Waals surface area contributed by atoms with Crippen molar-refractivity contribution in [3.63, 3.8) is 0 Å². The lowest BCUT2D eigenvalue weighted by Gasteiger charge is -2.42. The summed E-state index contributed by atoms with van der Waals surface area (Å²) in [5.41, 5.74) is 0.524. The van der Waals surface area contributed by atoms with Gasteiger partial charge in [0.15, 0.2) is 0 Å². The molecule has 3 rings (SSSR count). The first kappa shape index (κ1) is 16.4. The van der Waals surface area contributed by atoms with Gasteiger partial charge >= 0.3 is 5.97 Å². The van der Waals surface area contributed by atoms with Crippen LogP contribution in [0.1, 0.15) is 46.1 Å². The van der Waals surface area contributed by atoms with E-state index in [0.717, 1.165) is 29.3 Å². The summed E-state index contributed by atoms with van der Waals surface area (Å²) >= 11 is 1.53. The Hall–Kier alpha value is -1.47. The summed E-state index contributed by atoms with van der Waals surface area (Å²) < 4.78 is 0. The Morgan fingerprint density at radius 2 is 2.04 bits per heavy atom. The molecule has 0 bridgehead atoms. The van der Waals surface area contributed by atoms with Crippen molar-refractivity contribution in [2.24, 2.45) is 5.92 Å². The van der Waals surface area contributed by atoms with Gasteiger partial charge in [-0.2, -0.15) is 0 Å². The standard InChI is InChI=1S/C16H23N3O3S/c1-9-15(17-10(2)23-9)16(22)18-12-5-13(6-12)19(8-14(20)21)7-11-3-4-11/h11-13H,3-8H2,1-2H3,(H,18,22)(H,20,21). The molecule has 2 fully saturated rings. The van der Waals surface area contributed by atoms with Crippen molar-refractivity contribution in [2.45, 2.75) is 51.6 Å². The van der Waals surface area contributed by atoms with Crippen LogP contribution in [-0.4, -0.2) is 52.0 Å². The molecule has 1 heterocycles. The van der Waals surface area contributed by atoms with Crippen LogP contribution in [0.5, 0.6) is 0 Å². The summed E-state index contributed by atoms with van der Waals surface area (Å²) in [7, 11) is 0. The Morgan fingerprint density at radius 1 is 1.35 bits per heavy atom. The molecule has 0 aromatic carbocycles. The van der Waals surface area contributed by atoms with Crippen LogP contribution in [0.15, 0.2) is 0 Å². The van der Waals surface area contributed by atoms with Gasteiger partial charge in [0.05, 0.1) is 11.6 Å². The maximum atomic E-state index is 12.2. The first-order valence-corrected chi connectivity index (χ1v) is 8.94. The van der Waals surface area contributed by atoms with Crippen molar-refractivity contribution in [1.82, 2.24) is 15.2 Å². The molecule has 0 saturated heterocycles. The Labute approximate surface area is 139 Å². The normalized spacial score (nSPS) is 23.6. The first-order valence-electron chi connectivity index (χ1n) is 8.13. The molecule has 2 saturated carbocycles. The van der Waals surface area contributed by atoms with Gasteiger partial charge in [-0.15, -0.1) is 11.3 Å². The average molecular weight is 337 g/mol. The fraction of sp³-hybridized carbons (Fsp3) is 0.688. The number of carboxylic acids is 1. The fourth-order valence-electron chi connectivity index (χ4n) is 3.15. The molecule has 0 aliphatic heterocycles. The molecule has 0 spiro atoms. The summed E-state index contributed by atoms with van der Waals surface area (Å²) in [4.78, 5) is 30.6. The van der Waals surface area contributed by atoms with E-state index in [1.165, 1.54) is 24.2 Å². The molecule has 0 radical (unpaired) electrons. The van der Waals surface area contributed by atoms with Crippen molar-refractivity contribution in [2.75, 3.05) is 13.1 Å². The number of carbonyl (C=O) groups is 2. The highest BCUT2D eigenvalue weighted by atomic mass is 32.1. The molecule has 23 heavy (non-hydrogen) atoms. The van der Waals surface area contributed by atoms with E-state index in [9.17, 15) is 9.59 Å². The number of aliphatic carboxylic acids is 1. The largest absolute Gasteiger partial charge is 0.480 e. The second kappa shape index (κ2) is 6.57. The van der Waals surface area contributed by atoms with Crippen LogP contribution >= 0.6 is 11.3 Å². The van der Waals surface area contributed by atoms with Gasteiger partial charge in [0.1, 0.15) is 5.69 Å². The van der Waals surface area contributed by atoms with Crippen LogP contribution in [0.25, 0.3) is 0 Å². The lowest BCUT2D eigenvalue weighted by Crippen LogP contribution is -2.55. The van der Waals surface area contributed by atoms with Gasteiger partial charge < -0.3 is 10.4 Å². The maximum Gasteiger partial charge on any atom is 0.317 e. The van der Waals surface area contributed by atoms with Gasteiger partial charge in [0, 0.05) is 23.5 Å². The van der Waals surface area contributed by atoms with E-state index in [4.69, 9.17) is 5.11 Å². The van der Waals surface area contributed by atoms with E-state index >= 15 is 0 Å². The molecule has 1 amide bonds. The number of nitrogens with zero attached hydrogens (tertiary/aromatic N) is 2. The van der Waals surface area contributed by atoms with Crippen LogP contribution in [0.3, 0.4) is 0 Å². The Balaban J connectivity index is 1.50. The molecule has 7 heteroatoms. The molecule has 0 atom stereocenters. The van der Waals surface area contributed by atoms with Gasteiger partial charge in [0.2, 0.25) is 0 Å². The molecule has 1 aromatic rings. The van der Waals surface area contributed by atoms with Crippen molar-refractivity contribution in [3.05, 3.63) is 15.6 Å². The van der Waals surface area contributed by atoms with Gasteiger partial charge in [-0.1, -0.05) is 0 Å². The van der Waals surface area contributed by atoms with E-state index in [0.29, 0.717) is 11.6 Å². The van der Waals surface area contributed by atoms with Crippen molar-refractivity contribution in [1.29, 1.82) is 0 Å². The van der Waals surface area contributed by atoms with Gasteiger partial charge in [0.25, 0.3) is 5.91 Å². The number of amides is 1. The van der Waals surface area contributed by atoms with E-state index in [1.807, 2.05) is 13.8 Å². The van der Waals surface area contributed by atoms with Crippen LogP contribution in [0.4, 0.5) is 0 Å². The monoisotopic (exact) mass is 337 g/mol. The van der Waals surface area contributed by atoms with Crippen LogP contribution in [-0.2, 0) is 4.79 Å². The van der Waals surface area contributed by atoms with E-state index in [1.54, 1.807) is 0 Å². The zero-order chi connectivity index (χ0) is 16.6. The molecule has 2 aliphatic rings. The molecule has 126 valence electrons. The third-order valence-corrected chi connectivity index (χ3v) is 5.50. The Bertz CT molecular complexity index is 606. The Kier molecular flexibility index (Phi) is 4.68. The van der Waals surface area contributed by atoms with E-state index < -0.39 is 5.97 Å². The van der Waals surface area contributed by atoms with Crippen molar-refractivity contribution >= 4 is 23.2 Å². The lowest BCUT2D eigenvalue weighted by atomic mass is 9.85. The number of nitrogens with one attached hydrogen (secondary N) is 1. The SMILES string of the molecule is Cc1nc(C(=O)NC2CC(N(CC(=O)O)CC3CC3)C2)c(C)s1. The average Bonchev–Trinajstić information content (AvgIpc) is 3.15. The minimum Gasteiger partial charge on any atom is -0.480 e. The van der Waals surface area contributed by atoms with Gasteiger partial charge in [-0.25, -0.2) is 4.98 Å². The predicted molar refractivity (Wildman–Crippen MR) is 87.8 cm³/mol. The van der Waals surface area contributed by atoms with Crippen molar-refractivity contribution in [3.8, 4) is 0 Å². The third kappa shape index (κ3) is 4.09. The molecule has 2 N–H and O–H groups in total. The molecule has 0 unspecified atom stereocenters. The second-order valence-corrected chi connectivity index (χ2v) is 8.11. The zero-order valence-corrected chi connectivity index (χ0v) is 14.4. The zero-order valence-electron chi connectivity index (χ0n) is 13.5. The molecule has 2 aliphatic carbocycles. The minimum atomic E-state index is -0.772. The number of aromatic nitrogens is 1. The second-order valence-electron chi connectivity index (χ2n) is 6.70. The number of hydrogen-bond acceptors (Lipinski definition) is 5. The van der Waals surface area contributed by atoms with E-state index in [2.05, 4.69) is 15.2 Å². The predicted octanol–water partition coefficient (Wildman–Crippen LogP) is 1.82. The number of rotatable bonds is 7. The third-order valence-electron chi connectivity index (χ3n) is 4.61. The Morgan fingerprint density at radius 3 is 2.57 bits per heavy atom. The van der Waals surface area contributed by atoms with Crippen LogP contribution in [0.2, 0.25) is 0 Å². The number of hydrogen-bond donors (Lipinski definition) is 2. The highest BCUT2D eigenvalue weighted by Crippen LogP contribution is 2.33. The summed E-state index contributed by atoms with van der Waals surface area (Å²) in [6, 6.07) is 0.402. The van der Waals surface area contributed by atoms with E-state index in [-0.39, 0.29) is 24.5 Å². The minimum absolute atomic E-state index is 0.103. The summed E-state index contributed by atoms with van der Waals surface area (Å²) in [6.07, 6.45) is 4.08. The molecule has 6 nitrogen and oxygen atoms in total. The summed E-state index contributed by atoms with van der Waals surface area (Å²) in [5.74, 6) is -0.211. The van der Waals surface area contributed by atoms with Crippen LogP contribution < -0.4 is 5.32 Å². The van der Waals surface area contributed by atoms with Crippen molar-refractivity contribution < 1.29 is 14.7 Å². The maximum absolute atomic E-state index is 12.2. The number of carbonyl (C=O) groups excluding carboxylic acids is 1. The topological polar surface area (TPSA) is 82.5 Å². The smallest absolute Gasteiger partial charge is 0.317 e. The fourth-order valence-corrected chi connectivity index (χ4v) is 3.96. The van der Waals surface area contributed by atoms with Gasteiger partial charge in [-0.3, -0.25) is 14.5 Å². The van der Waals surface area contributed by atoms with Crippen LogP contribution in [0, 0.1) is 19.8 Å². The lowest BCUT2D eigenvalue weighted by molar-refractivity contribution is -0.139. The number of thiazole rings is 1.